The molecular weight excluding hydrogens is 665 g/mol. The zero-order chi connectivity index (χ0) is 35.8. The maximum Gasteiger partial charge on any atom is 0.314 e. The number of nitrogens with zero attached hydrogens (tertiary/aromatic N) is 5. The number of hydrogen-bond donors (Lipinski definition) is 4. The van der Waals surface area contributed by atoms with E-state index in [0.29, 0.717) is 34.1 Å². The smallest absolute Gasteiger partial charge is 0.314 e. The number of piperazine rings is 1. The Morgan fingerprint density at radius 3 is 2.22 bits per heavy atom. The predicted molar refractivity (Wildman–Crippen MR) is 199 cm³/mol. The van der Waals surface area contributed by atoms with Gasteiger partial charge in [-0.05, 0) is 92.7 Å². The van der Waals surface area contributed by atoms with E-state index in [1.165, 1.54) is 6.42 Å². The number of hydrogen-bond acceptors (Lipinski definition) is 9. The average Bonchev–Trinajstić information content (AvgIpc) is 3.12. The van der Waals surface area contributed by atoms with Gasteiger partial charge in [0.05, 0.1) is 11.9 Å². The zero-order valence-corrected chi connectivity index (χ0v) is 31.0. The molecule has 0 atom stereocenters. The fourth-order valence-electron chi connectivity index (χ4n) is 5.87. The summed E-state index contributed by atoms with van der Waals surface area (Å²) in [6.07, 6.45) is 5.07. The lowest BCUT2D eigenvalue weighted by atomic mass is 9.96. The number of aromatic nitrogens is 2. The second-order valence-electron chi connectivity index (χ2n) is 12.5. The van der Waals surface area contributed by atoms with E-state index < -0.39 is 0 Å². The third kappa shape index (κ3) is 13.2. The molecule has 0 radical (unpaired) electrons. The van der Waals surface area contributed by atoms with Crippen LogP contribution in [0.3, 0.4) is 0 Å². The molecule has 13 heteroatoms. The van der Waals surface area contributed by atoms with Crippen LogP contribution < -0.4 is 20.3 Å². The van der Waals surface area contributed by atoms with Crippen LogP contribution in [-0.2, 0) is 6.54 Å². The van der Waals surface area contributed by atoms with Gasteiger partial charge in [0.15, 0.2) is 0 Å². The Hall–Kier alpha value is -3.19. The van der Waals surface area contributed by atoms with Crippen LogP contribution >= 0.6 is 23.2 Å². The lowest BCUT2D eigenvalue weighted by Crippen LogP contribution is -2.47. The van der Waals surface area contributed by atoms with Gasteiger partial charge in [0.1, 0.15) is 11.6 Å². The van der Waals surface area contributed by atoms with Crippen molar-refractivity contribution >= 4 is 35.1 Å². The maximum absolute atomic E-state index is 11.6. The Morgan fingerprint density at radius 2 is 1.63 bits per heavy atom. The number of rotatable bonds is 11. The molecule has 2 saturated heterocycles. The highest BCUT2D eigenvalue weighted by atomic mass is 35.5. The van der Waals surface area contributed by atoms with Gasteiger partial charge in [-0.3, -0.25) is 20.3 Å². The van der Waals surface area contributed by atoms with E-state index in [9.17, 15) is 4.79 Å². The molecule has 0 aliphatic carbocycles. The summed E-state index contributed by atoms with van der Waals surface area (Å²) in [6, 6.07) is 13.4. The van der Waals surface area contributed by atoms with Crippen molar-refractivity contribution in [3.63, 3.8) is 0 Å². The summed E-state index contributed by atoms with van der Waals surface area (Å²) in [5, 5.41) is 18.7. The van der Waals surface area contributed by atoms with E-state index in [1.807, 2.05) is 44.2 Å². The summed E-state index contributed by atoms with van der Waals surface area (Å²) in [5.41, 5.74) is 2.67. The summed E-state index contributed by atoms with van der Waals surface area (Å²) in [4.78, 5) is 28.5. The molecule has 4 N–H and O–H groups in total. The largest absolute Gasteiger partial charge is 0.437 e. The van der Waals surface area contributed by atoms with Crippen molar-refractivity contribution in [3.8, 4) is 22.9 Å². The fraction of sp³-hybridized carbons (Fsp3) is 0.528. The minimum Gasteiger partial charge on any atom is -0.437 e. The number of carbonyl (C=O) groups is 1. The monoisotopic (exact) mass is 717 g/mol. The molecule has 49 heavy (non-hydrogen) atoms. The highest BCUT2D eigenvalue weighted by Gasteiger charge is 2.21. The van der Waals surface area contributed by atoms with Crippen molar-refractivity contribution < 1.29 is 20.0 Å². The van der Waals surface area contributed by atoms with Crippen molar-refractivity contribution in [1.82, 2.24) is 30.4 Å². The molecule has 5 rings (SSSR count). The Labute approximate surface area is 301 Å². The molecule has 0 bridgehead atoms. The van der Waals surface area contributed by atoms with Gasteiger partial charge in [0.25, 0.3) is 0 Å². The van der Waals surface area contributed by atoms with Gasteiger partial charge in [0.2, 0.25) is 5.88 Å². The van der Waals surface area contributed by atoms with E-state index in [2.05, 4.69) is 45.2 Å². The topological polar surface area (TPSA) is 126 Å². The number of ether oxygens (including phenoxy) is 1. The SMILES string of the molecule is CC.CNC(=O)NCC1CCN(Cc2cc(Oc3ccc(N4CCN(CCC(C)C)CC4)nc3)nc(-c3cc(Cl)cc(Cl)c3)c2)CC1.OO. The molecule has 4 heterocycles. The van der Waals surface area contributed by atoms with Crippen LogP contribution in [-0.4, -0.2) is 95.7 Å². The molecule has 3 aromatic rings. The first-order chi connectivity index (χ1) is 23.7. The normalized spacial score (nSPS) is 15.5. The van der Waals surface area contributed by atoms with Gasteiger partial charge in [-0.2, -0.15) is 0 Å². The molecule has 2 fully saturated rings. The second-order valence-corrected chi connectivity index (χ2v) is 13.4. The molecule has 2 amide bonds. The molecular formula is C36H53Cl2N7O4. The highest BCUT2D eigenvalue weighted by molar-refractivity contribution is 6.35. The third-order valence-corrected chi connectivity index (χ3v) is 9.01. The van der Waals surface area contributed by atoms with Crippen molar-refractivity contribution in [3.05, 3.63) is 64.3 Å². The third-order valence-electron chi connectivity index (χ3n) is 8.57. The standard InChI is InChI=1S/C34H45Cl2N7O2.C2H6.H2O2/c1-24(2)6-9-41-12-14-43(15-13-41)32-5-4-30(22-38-32)45-33-17-26(16-31(40-33)27-18-28(35)20-29(36)19-27)23-42-10-7-25(8-11-42)21-39-34(44)37-3;2*1-2/h4-5,16-20,22,24-25H,6-15,21,23H2,1-3H3,(H2,37,39,44);1-2H3;1-2H. The van der Waals surface area contributed by atoms with Gasteiger partial charge in [-0.1, -0.05) is 50.9 Å². The molecule has 0 spiro atoms. The number of piperidine rings is 1. The van der Waals surface area contributed by atoms with Gasteiger partial charge < -0.3 is 20.3 Å². The Balaban J connectivity index is 0.00000157. The number of anilines is 1. The molecule has 2 aliphatic heterocycles. The number of amides is 2. The lowest BCUT2D eigenvalue weighted by molar-refractivity contribution is -0.176. The summed E-state index contributed by atoms with van der Waals surface area (Å²) in [7, 11) is 1.64. The number of urea groups is 1. The van der Waals surface area contributed by atoms with Crippen molar-refractivity contribution in [2.75, 3.05) is 64.3 Å². The summed E-state index contributed by atoms with van der Waals surface area (Å²) in [6.45, 7) is 17.2. The summed E-state index contributed by atoms with van der Waals surface area (Å²) in [5.74, 6) is 3.31. The Bertz CT molecular complexity index is 1390. The number of likely N-dealkylation sites (tertiary alicyclic amines) is 1. The quantitative estimate of drug-likeness (QED) is 0.117. The van der Waals surface area contributed by atoms with E-state index >= 15 is 0 Å². The van der Waals surface area contributed by atoms with Gasteiger partial charge in [0, 0.05) is 68.0 Å². The average molecular weight is 719 g/mol. The second kappa shape index (κ2) is 21.1. The minimum absolute atomic E-state index is 0.129. The predicted octanol–water partition coefficient (Wildman–Crippen LogP) is 7.60. The molecule has 2 aliphatic rings. The van der Waals surface area contributed by atoms with Crippen molar-refractivity contribution in [2.24, 2.45) is 11.8 Å². The van der Waals surface area contributed by atoms with Gasteiger partial charge in [-0.15, -0.1) is 0 Å². The first-order valence-electron chi connectivity index (χ1n) is 17.2. The Kier molecular flexibility index (Phi) is 17.3. The van der Waals surface area contributed by atoms with Crippen LogP contribution in [0.1, 0.15) is 52.5 Å². The van der Waals surface area contributed by atoms with E-state index in [4.69, 9.17) is 48.4 Å². The molecule has 0 saturated carbocycles. The zero-order valence-electron chi connectivity index (χ0n) is 29.5. The highest BCUT2D eigenvalue weighted by Crippen LogP contribution is 2.31. The number of carbonyl (C=O) groups excluding carboxylic acids is 1. The summed E-state index contributed by atoms with van der Waals surface area (Å²) < 4.78 is 6.30. The first-order valence-corrected chi connectivity index (χ1v) is 18.0. The maximum atomic E-state index is 11.6. The van der Waals surface area contributed by atoms with E-state index in [-0.39, 0.29) is 6.03 Å². The van der Waals surface area contributed by atoms with Crippen LogP contribution in [0.25, 0.3) is 11.3 Å². The number of benzene rings is 1. The fourth-order valence-corrected chi connectivity index (χ4v) is 6.39. The molecule has 11 nitrogen and oxygen atoms in total. The van der Waals surface area contributed by atoms with E-state index in [0.717, 1.165) is 93.8 Å². The lowest BCUT2D eigenvalue weighted by Gasteiger charge is -2.35. The summed E-state index contributed by atoms with van der Waals surface area (Å²) >= 11 is 12.7. The molecule has 0 unspecified atom stereocenters. The van der Waals surface area contributed by atoms with Crippen LogP contribution in [0.15, 0.2) is 48.7 Å². The van der Waals surface area contributed by atoms with Crippen molar-refractivity contribution in [2.45, 2.75) is 53.5 Å². The number of halogens is 2. The van der Waals surface area contributed by atoms with Crippen LogP contribution in [0.5, 0.6) is 11.6 Å². The van der Waals surface area contributed by atoms with E-state index in [1.54, 1.807) is 19.3 Å². The molecule has 270 valence electrons. The van der Waals surface area contributed by atoms with Gasteiger partial charge in [-0.25, -0.2) is 14.8 Å². The Morgan fingerprint density at radius 1 is 0.959 bits per heavy atom. The van der Waals surface area contributed by atoms with Crippen LogP contribution in [0.4, 0.5) is 10.6 Å². The molecule has 1 aromatic carbocycles. The molecule has 2 aromatic heterocycles. The number of pyridine rings is 2. The van der Waals surface area contributed by atoms with Gasteiger partial charge >= 0.3 is 6.03 Å². The minimum atomic E-state index is -0.129. The first kappa shape index (κ1) is 40.2. The van der Waals surface area contributed by atoms with Crippen LogP contribution in [0.2, 0.25) is 10.0 Å². The number of nitrogens with one attached hydrogen (secondary N) is 2. The van der Waals surface area contributed by atoms with Crippen LogP contribution in [0, 0.1) is 11.8 Å². The van der Waals surface area contributed by atoms with Crippen molar-refractivity contribution in [1.29, 1.82) is 0 Å².